The van der Waals surface area contributed by atoms with Crippen molar-refractivity contribution < 1.29 is 28.7 Å². The summed E-state index contributed by atoms with van der Waals surface area (Å²) in [4.78, 5) is 34.6. The van der Waals surface area contributed by atoms with E-state index in [0.717, 1.165) is 6.07 Å². The fourth-order valence-electron chi connectivity index (χ4n) is 2.44. The third-order valence-electron chi connectivity index (χ3n) is 4.01. The lowest BCUT2D eigenvalue weighted by Crippen LogP contribution is -2.30. The van der Waals surface area contributed by atoms with E-state index >= 15 is 0 Å². The van der Waals surface area contributed by atoms with E-state index in [9.17, 15) is 19.7 Å². The highest BCUT2D eigenvalue weighted by atomic mass is 35.5. The predicted octanol–water partition coefficient (Wildman–Crippen LogP) is 4.64. The van der Waals surface area contributed by atoms with Crippen LogP contribution in [0.2, 0.25) is 10.0 Å². The second-order valence-electron chi connectivity index (χ2n) is 6.29. The van der Waals surface area contributed by atoms with E-state index in [1.807, 2.05) is 0 Å². The molecular weight excluding hydrogens is 451 g/mol. The molecule has 1 amide bonds. The van der Waals surface area contributed by atoms with Crippen LogP contribution in [0, 0.1) is 10.1 Å². The van der Waals surface area contributed by atoms with Gasteiger partial charge in [0.05, 0.1) is 29.4 Å². The Labute approximate surface area is 188 Å². The number of non-ortho nitro benzene ring substituents is 1. The second-order valence-corrected chi connectivity index (χ2v) is 7.13. The maximum absolute atomic E-state index is 12.3. The molecule has 0 fully saturated rings. The van der Waals surface area contributed by atoms with Crippen LogP contribution in [0.15, 0.2) is 36.4 Å². The first-order valence-corrected chi connectivity index (χ1v) is 9.87. The molecule has 1 N–H and O–H groups in total. The highest BCUT2D eigenvalue weighted by Gasteiger charge is 2.20. The SMILES string of the molecule is COc1ccc([N+](=O)[O-])cc1NC(=O)C(C)OC(=O)CCCOc1ccc(Cl)cc1Cl. The Morgan fingerprint density at radius 1 is 1.16 bits per heavy atom. The monoisotopic (exact) mass is 470 g/mol. The third kappa shape index (κ3) is 7.30. The van der Waals surface area contributed by atoms with Gasteiger partial charge in [-0.05, 0) is 37.6 Å². The Bertz CT molecular complexity index is 969. The number of benzene rings is 2. The number of rotatable bonds is 10. The number of anilines is 1. The normalized spacial score (nSPS) is 11.4. The summed E-state index contributed by atoms with van der Waals surface area (Å²) >= 11 is 11.8. The number of carbonyl (C=O) groups excluding carboxylic acids is 2. The summed E-state index contributed by atoms with van der Waals surface area (Å²) in [7, 11) is 1.36. The Hall–Kier alpha value is -3.04. The van der Waals surface area contributed by atoms with E-state index in [1.54, 1.807) is 18.2 Å². The first-order chi connectivity index (χ1) is 14.7. The van der Waals surface area contributed by atoms with Gasteiger partial charge in [0.1, 0.15) is 11.5 Å². The van der Waals surface area contributed by atoms with Crippen LogP contribution in [-0.4, -0.2) is 36.6 Å². The number of methoxy groups -OCH3 is 1. The minimum atomic E-state index is -1.12. The molecule has 0 spiro atoms. The maximum Gasteiger partial charge on any atom is 0.306 e. The van der Waals surface area contributed by atoms with Crippen LogP contribution in [0.5, 0.6) is 11.5 Å². The number of carbonyl (C=O) groups is 2. The average molecular weight is 471 g/mol. The van der Waals surface area contributed by atoms with Gasteiger partial charge in [0.25, 0.3) is 11.6 Å². The molecule has 31 heavy (non-hydrogen) atoms. The molecule has 1 atom stereocenters. The lowest BCUT2D eigenvalue weighted by Gasteiger charge is -2.15. The number of ether oxygens (including phenoxy) is 3. The zero-order chi connectivity index (χ0) is 23.0. The van der Waals surface area contributed by atoms with Gasteiger partial charge in [0.15, 0.2) is 6.10 Å². The van der Waals surface area contributed by atoms with Crippen LogP contribution < -0.4 is 14.8 Å². The van der Waals surface area contributed by atoms with Gasteiger partial charge in [-0.15, -0.1) is 0 Å². The van der Waals surface area contributed by atoms with Crippen LogP contribution >= 0.6 is 23.2 Å². The predicted molar refractivity (Wildman–Crippen MR) is 115 cm³/mol. The first-order valence-electron chi connectivity index (χ1n) is 9.12. The van der Waals surface area contributed by atoms with Crippen molar-refractivity contribution in [2.24, 2.45) is 0 Å². The van der Waals surface area contributed by atoms with Crippen molar-refractivity contribution in [1.29, 1.82) is 0 Å². The van der Waals surface area contributed by atoms with E-state index in [4.69, 9.17) is 37.4 Å². The minimum Gasteiger partial charge on any atom is -0.495 e. The maximum atomic E-state index is 12.3. The van der Waals surface area contributed by atoms with Crippen molar-refractivity contribution in [3.8, 4) is 11.5 Å². The fraction of sp³-hybridized carbons (Fsp3) is 0.300. The molecule has 2 aromatic rings. The zero-order valence-corrected chi connectivity index (χ0v) is 18.2. The van der Waals surface area contributed by atoms with Crippen LogP contribution in [0.3, 0.4) is 0 Å². The van der Waals surface area contributed by atoms with Gasteiger partial charge in [0, 0.05) is 23.6 Å². The van der Waals surface area contributed by atoms with Gasteiger partial charge in [-0.1, -0.05) is 23.2 Å². The van der Waals surface area contributed by atoms with Gasteiger partial charge in [-0.3, -0.25) is 19.7 Å². The van der Waals surface area contributed by atoms with Gasteiger partial charge >= 0.3 is 5.97 Å². The molecule has 11 heteroatoms. The molecule has 166 valence electrons. The molecule has 0 saturated carbocycles. The molecule has 0 heterocycles. The van der Waals surface area contributed by atoms with Crippen molar-refractivity contribution in [3.05, 3.63) is 56.6 Å². The lowest BCUT2D eigenvalue weighted by molar-refractivity contribution is -0.384. The van der Waals surface area contributed by atoms with Crippen LogP contribution in [0.4, 0.5) is 11.4 Å². The van der Waals surface area contributed by atoms with E-state index in [0.29, 0.717) is 22.2 Å². The first kappa shape index (κ1) is 24.2. The molecule has 2 rings (SSSR count). The molecule has 9 nitrogen and oxygen atoms in total. The van der Waals surface area contributed by atoms with E-state index in [2.05, 4.69) is 5.32 Å². The van der Waals surface area contributed by atoms with Crippen molar-refractivity contribution in [1.82, 2.24) is 0 Å². The van der Waals surface area contributed by atoms with Gasteiger partial charge < -0.3 is 19.5 Å². The van der Waals surface area contributed by atoms with Gasteiger partial charge in [-0.2, -0.15) is 0 Å². The van der Waals surface area contributed by atoms with Crippen LogP contribution in [0.1, 0.15) is 19.8 Å². The summed E-state index contributed by atoms with van der Waals surface area (Å²) in [5, 5.41) is 14.2. The number of hydrogen-bond donors (Lipinski definition) is 1. The fourth-order valence-corrected chi connectivity index (χ4v) is 2.91. The molecular formula is C20H20Cl2N2O7. The molecule has 0 radical (unpaired) electrons. The molecule has 0 bridgehead atoms. The molecule has 0 aliphatic carbocycles. The largest absolute Gasteiger partial charge is 0.495 e. The van der Waals surface area contributed by atoms with Crippen LogP contribution in [-0.2, 0) is 14.3 Å². The minimum absolute atomic E-state index is 0.0168. The summed E-state index contributed by atoms with van der Waals surface area (Å²) in [6.45, 7) is 1.60. The highest BCUT2D eigenvalue weighted by Crippen LogP contribution is 2.29. The number of hydrogen-bond acceptors (Lipinski definition) is 7. The number of nitro benzene ring substituents is 1. The van der Waals surface area contributed by atoms with Gasteiger partial charge in [-0.25, -0.2) is 0 Å². The Kier molecular flexibility index (Phi) is 8.89. The average Bonchev–Trinajstić information content (AvgIpc) is 2.72. The quantitative estimate of drug-likeness (QED) is 0.232. The Morgan fingerprint density at radius 3 is 2.52 bits per heavy atom. The number of nitro groups is 1. The number of amides is 1. The van der Waals surface area contributed by atoms with E-state index < -0.39 is 22.9 Å². The second kappa shape index (κ2) is 11.4. The number of nitrogens with zero attached hydrogens (tertiary/aromatic N) is 1. The van der Waals surface area contributed by atoms with Crippen molar-refractivity contribution in [3.63, 3.8) is 0 Å². The summed E-state index contributed by atoms with van der Waals surface area (Å²) in [6.07, 6.45) is -0.767. The van der Waals surface area contributed by atoms with Crippen molar-refractivity contribution in [2.45, 2.75) is 25.9 Å². The van der Waals surface area contributed by atoms with E-state index in [1.165, 1.54) is 26.2 Å². The third-order valence-corrected chi connectivity index (χ3v) is 4.54. The molecule has 1 unspecified atom stereocenters. The summed E-state index contributed by atoms with van der Waals surface area (Å²) in [5.74, 6) is -0.579. The molecule has 0 saturated heterocycles. The molecule has 0 aliphatic heterocycles. The van der Waals surface area contributed by atoms with Crippen molar-refractivity contribution >= 4 is 46.5 Å². The number of halogens is 2. The Balaban J connectivity index is 1.82. The number of esters is 1. The lowest BCUT2D eigenvalue weighted by atomic mass is 10.2. The topological polar surface area (TPSA) is 117 Å². The van der Waals surface area contributed by atoms with E-state index in [-0.39, 0.29) is 30.2 Å². The highest BCUT2D eigenvalue weighted by molar-refractivity contribution is 6.35. The smallest absolute Gasteiger partial charge is 0.306 e. The molecule has 0 aliphatic rings. The molecule has 0 aromatic heterocycles. The van der Waals surface area contributed by atoms with Crippen LogP contribution in [0.25, 0.3) is 0 Å². The summed E-state index contributed by atoms with van der Waals surface area (Å²) in [5.41, 5.74) is -0.126. The standard InChI is InChI=1S/C20H20Cl2N2O7/c1-12(20(26)23-16-11-14(24(27)28)6-8-18(16)29-2)31-19(25)4-3-9-30-17-7-5-13(21)10-15(17)22/h5-8,10-12H,3-4,9H2,1-2H3,(H,23,26). The van der Waals surface area contributed by atoms with Gasteiger partial charge in [0.2, 0.25) is 0 Å². The zero-order valence-electron chi connectivity index (χ0n) is 16.7. The summed E-state index contributed by atoms with van der Waals surface area (Å²) in [6, 6.07) is 8.56. The summed E-state index contributed by atoms with van der Waals surface area (Å²) < 4.78 is 15.7. The van der Waals surface area contributed by atoms with Crippen molar-refractivity contribution in [2.75, 3.05) is 19.0 Å². The number of nitrogens with one attached hydrogen (secondary N) is 1. The Morgan fingerprint density at radius 2 is 1.87 bits per heavy atom. The molecule has 2 aromatic carbocycles.